The van der Waals surface area contributed by atoms with Crippen LogP contribution in [0.3, 0.4) is 0 Å². The summed E-state index contributed by atoms with van der Waals surface area (Å²) in [4.78, 5) is 2.55. The third kappa shape index (κ3) is 3.57. The van der Waals surface area contributed by atoms with Gasteiger partial charge in [-0.15, -0.1) is 0 Å². The van der Waals surface area contributed by atoms with Crippen LogP contribution in [0.1, 0.15) is 75.2 Å². The van der Waals surface area contributed by atoms with Crippen LogP contribution in [0, 0.1) is 22.7 Å². The number of likely N-dealkylation sites (tertiary alicyclic amines) is 1. The summed E-state index contributed by atoms with van der Waals surface area (Å²) in [5.41, 5.74) is 7.21. The third-order valence-electron chi connectivity index (χ3n) is 5.82. The van der Waals surface area contributed by atoms with E-state index in [2.05, 4.69) is 67.2 Å². The zero-order valence-corrected chi connectivity index (χ0v) is 15.3. The minimum atomic E-state index is 0.137. The van der Waals surface area contributed by atoms with E-state index >= 15 is 0 Å². The van der Waals surface area contributed by atoms with Crippen molar-refractivity contribution in [3.05, 3.63) is 0 Å². The number of nitrogens with zero attached hydrogens (tertiary/aromatic N) is 1. The molecule has 0 spiro atoms. The number of nitrogens with two attached hydrogens (primary N) is 1. The van der Waals surface area contributed by atoms with Crippen molar-refractivity contribution in [3.8, 4) is 0 Å². The Kier molecular flexibility index (Phi) is 5.36. The number of hydrogen-bond donors (Lipinski definition) is 1. The summed E-state index contributed by atoms with van der Waals surface area (Å²) in [5, 5.41) is 0. The molecule has 1 rings (SSSR count). The molecule has 1 aliphatic heterocycles. The normalized spacial score (nSPS) is 35.1. The number of rotatable bonds is 2. The predicted octanol–water partition coefficient (Wildman–Crippen LogP) is 4.49. The van der Waals surface area contributed by atoms with Crippen LogP contribution in [0.15, 0.2) is 0 Å². The van der Waals surface area contributed by atoms with Gasteiger partial charge in [0.1, 0.15) is 0 Å². The predicted molar refractivity (Wildman–Crippen MR) is 89.5 cm³/mol. The summed E-state index contributed by atoms with van der Waals surface area (Å²) in [6, 6.07) is 1.01. The molecule has 0 saturated carbocycles. The highest BCUT2D eigenvalue weighted by atomic mass is 15.3. The Bertz CT molecular complexity index is 293. The Morgan fingerprint density at radius 1 is 0.950 bits per heavy atom. The highest BCUT2D eigenvalue weighted by molar-refractivity contribution is 4.97. The zero-order chi connectivity index (χ0) is 15.9. The maximum Gasteiger partial charge on any atom is 0.0629 e. The molecule has 3 unspecified atom stereocenters. The fourth-order valence-corrected chi connectivity index (χ4v) is 4.00. The van der Waals surface area contributed by atoms with Gasteiger partial charge in [0.05, 0.1) is 6.17 Å². The molecule has 3 atom stereocenters. The lowest BCUT2D eigenvalue weighted by Gasteiger charge is -2.54. The van der Waals surface area contributed by atoms with Crippen LogP contribution >= 0.6 is 0 Å². The lowest BCUT2D eigenvalue weighted by molar-refractivity contribution is -0.0577. The van der Waals surface area contributed by atoms with Gasteiger partial charge >= 0.3 is 0 Å². The highest BCUT2D eigenvalue weighted by Crippen LogP contribution is 2.45. The number of hydrogen-bond acceptors (Lipinski definition) is 2. The Hall–Kier alpha value is -0.0800. The van der Waals surface area contributed by atoms with E-state index in [0.29, 0.717) is 17.5 Å². The molecular weight excluding hydrogens is 244 g/mol. The lowest BCUT2D eigenvalue weighted by atomic mass is 9.65. The van der Waals surface area contributed by atoms with E-state index in [9.17, 15) is 0 Å². The van der Waals surface area contributed by atoms with Gasteiger partial charge in [0.25, 0.3) is 0 Å². The molecule has 1 aliphatic rings. The first-order valence-electron chi connectivity index (χ1n) is 8.43. The van der Waals surface area contributed by atoms with Gasteiger partial charge in [-0.25, -0.2) is 0 Å². The smallest absolute Gasteiger partial charge is 0.0629 e. The molecule has 0 aliphatic carbocycles. The van der Waals surface area contributed by atoms with Crippen molar-refractivity contribution in [3.63, 3.8) is 0 Å². The molecular formula is C18H38N2. The summed E-state index contributed by atoms with van der Waals surface area (Å²) in [5.74, 6) is 1.50. The van der Waals surface area contributed by atoms with Crippen molar-refractivity contribution < 1.29 is 0 Å². The summed E-state index contributed by atoms with van der Waals surface area (Å²) in [6.07, 6.45) is 2.66. The molecule has 20 heavy (non-hydrogen) atoms. The largest absolute Gasteiger partial charge is 0.315 e. The Labute approximate surface area is 127 Å². The molecule has 1 heterocycles. The van der Waals surface area contributed by atoms with Gasteiger partial charge in [-0.1, -0.05) is 41.5 Å². The van der Waals surface area contributed by atoms with Crippen LogP contribution in [0.2, 0.25) is 0 Å². The van der Waals surface area contributed by atoms with E-state index in [4.69, 9.17) is 5.73 Å². The van der Waals surface area contributed by atoms with Crippen molar-refractivity contribution in [1.82, 2.24) is 4.90 Å². The van der Waals surface area contributed by atoms with Crippen LogP contribution in [-0.2, 0) is 0 Å². The maximum absolute atomic E-state index is 6.73. The fourth-order valence-electron chi connectivity index (χ4n) is 4.00. The van der Waals surface area contributed by atoms with Crippen molar-refractivity contribution in [1.29, 1.82) is 0 Å². The summed E-state index contributed by atoms with van der Waals surface area (Å²) >= 11 is 0. The van der Waals surface area contributed by atoms with Crippen molar-refractivity contribution in [2.75, 3.05) is 0 Å². The second-order valence-corrected chi connectivity index (χ2v) is 9.05. The highest BCUT2D eigenvalue weighted by Gasteiger charge is 2.45. The minimum absolute atomic E-state index is 0.137. The van der Waals surface area contributed by atoms with Crippen LogP contribution in [0.4, 0.5) is 0 Å². The molecule has 0 radical (unpaired) electrons. The second-order valence-electron chi connectivity index (χ2n) is 9.05. The fraction of sp³-hybridized carbons (Fsp3) is 1.00. The van der Waals surface area contributed by atoms with Crippen LogP contribution in [0.25, 0.3) is 0 Å². The SMILES string of the molecule is CC(C)C1CC(C)(C)C(C)N(C(C)C)C(N)C(C)(C)C1. The second kappa shape index (κ2) is 5.96. The molecule has 2 nitrogen and oxygen atoms in total. The Morgan fingerprint density at radius 3 is 1.80 bits per heavy atom. The van der Waals surface area contributed by atoms with E-state index in [-0.39, 0.29) is 11.6 Å². The average molecular weight is 283 g/mol. The Balaban J connectivity index is 3.20. The van der Waals surface area contributed by atoms with Crippen LogP contribution in [-0.4, -0.2) is 23.1 Å². The topological polar surface area (TPSA) is 29.3 Å². The Morgan fingerprint density at radius 2 is 1.40 bits per heavy atom. The van der Waals surface area contributed by atoms with Crippen molar-refractivity contribution in [2.24, 2.45) is 28.4 Å². The first-order chi connectivity index (χ1) is 8.90. The van der Waals surface area contributed by atoms with Gasteiger partial charge in [-0.3, -0.25) is 4.90 Å². The van der Waals surface area contributed by atoms with E-state index in [1.165, 1.54) is 12.8 Å². The molecule has 0 amide bonds. The van der Waals surface area contributed by atoms with Gasteiger partial charge in [-0.05, 0) is 56.3 Å². The minimum Gasteiger partial charge on any atom is -0.315 e. The summed E-state index contributed by atoms with van der Waals surface area (Å²) in [6.45, 7) is 21.2. The molecule has 0 bridgehead atoms. The van der Waals surface area contributed by atoms with Crippen molar-refractivity contribution in [2.45, 2.75) is 93.4 Å². The molecule has 0 aromatic heterocycles. The van der Waals surface area contributed by atoms with Gasteiger partial charge in [0.15, 0.2) is 0 Å². The maximum atomic E-state index is 6.73. The standard InChI is InChI=1S/C18H38N2/c1-12(2)15-10-17(6,7)14(5)20(13(3)4)16(19)18(8,9)11-15/h12-16H,10-11,19H2,1-9H3. The molecule has 0 aromatic rings. The molecule has 1 saturated heterocycles. The summed E-state index contributed by atoms with van der Waals surface area (Å²) < 4.78 is 0. The van der Waals surface area contributed by atoms with Gasteiger partial charge in [-0.2, -0.15) is 0 Å². The lowest BCUT2D eigenvalue weighted by Crippen LogP contribution is -2.62. The van der Waals surface area contributed by atoms with Crippen LogP contribution < -0.4 is 5.73 Å². The van der Waals surface area contributed by atoms with E-state index < -0.39 is 0 Å². The molecule has 1 fully saturated rings. The van der Waals surface area contributed by atoms with E-state index in [1.54, 1.807) is 0 Å². The quantitative estimate of drug-likeness (QED) is 0.808. The first-order valence-corrected chi connectivity index (χ1v) is 8.43. The average Bonchev–Trinajstić information content (AvgIpc) is 2.25. The van der Waals surface area contributed by atoms with Gasteiger partial charge in [0.2, 0.25) is 0 Å². The monoisotopic (exact) mass is 282 g/mol. The van der Waals surface area contributed by atoms with Gasteiger partial charge in [0, 0.05) is 12.1 Å². The third-order valence-corrected chi connectivity index (χ3v) is 5.82. The first kappa shape index (κ1) is 18.0. The molecule has 0 aromatic carbocycles. The molecule has 120 valence electrons. The van der Waals surface area contributed by atoms with Crippen LogP contribution in [0.5, 0.6) is 0 Å². The summed E-state index contributed by atoms with van der Waals surface area (Å²) in [7, 11) is 0. The van der Waals surface area contributed by atoms with Gasteiger partial charge < -0.3 is 5.73 Å². The zero-order valence-electron chi connectivity index (χ0n) is 15.3. The molecule has 2 N–H and O–H groups in total. The van der Waals surface area contributed by atoms with Crippen molar-refractivity contribution >= 4 is 0 Å². The molecule has 2 heteroatoms. The van der Waals surface area contributed by atoms with E-state index in [1.807, 2.05) is 0 Å². The van der Waals surface area contributed by atoms with E-state index in [0.717, 1.165) is 11.8 Å².